The minimum atomic E-state index is -0.345. The van der Waals surface area contributed by atoms with Crippen LogP contribution in [0.5, 0.6) is 5.75 Å². The molecule has 3 rings (SSSR count). The number of benzene rings is 2. The van der Waals surface area contributed by atoms with Crippen LogP contribution >= 0.6 is 39.3 Å². The van der Waals surface area contributed by atoms with E-state index >= 15 is 0 Å². The Morgan fingerprint density at radius 3 is 2.82 bits per heavy atom. The molecule has 1 heterocycles. The van der Waals surface area contributed by atoms with Gasteiger partial charge in [0.15, 0.2) is 17.1 Å². The van der Waals surface area contributed by atoms with Gasteiger partial charge in [-0.2, -0.15) is 0 Å². The molecule has 6 nitrogen and oxygen atoms in total. The van der Waals surface area contributed by atoms with Gasteiger partial charge in [-0.15, -0.1) is 10.2 Å². The van der Waals surface area contributed by atoms with E-state index in [0.717, 1.165) is 10.2 Å². The van der Waals surface area contributed by atoms with E-state index in [1.165, 1.54) is 11.8 Å². The van der Waals surface area contributed by atoms with Crippen LogP contribution in [0.25, 0.3) is 0 Å². The van der Waals surface area contributed by atoms with E-state index in [0.29, 0.717) is 21.8 Å². The molecule has 0 saturated carbocycles. The van der Waals surface area contributed by atoms with Crippen molar-refractivity contribution < 1.29 is 9.53 Å². The Bertz CT molecular complexity index is 982. The highest BCUT2D eigenvalue weighted by Crippen LogP contribution is 2.29. The van der Waals surface area contributed by atoms with Gasteiger partial charge in [-0.3, -0.25) is 4.79 Å². The van der Waals surface area contributed by atoms with Gasteiger partial charge in [0.25, 0.3) is 0 Å². The van der Waals surface area contributed by atoms with E-state index in [1.54, 1.807) is 12.1 Å². The number of carbonyl (C=O) groups is 1. The zero-order chi connectivity index (χ0) is 20.1. The first-order chi connectivity index (χ1) is 13.4. The van der Waals surface area contributed by atoms with Crippen LogP contribution in [0, 0.1) is 0 Å². The van der Waals surface area contributed by atoms with Crippen LogP contribution in [0.15, 0.2) is 58.2 Å². The Hall–Kier alpha value is -2.03. The molecular formula is C19H18BrClN4O2S. The quantitative estimate of drug-likeness (QED) is 0.475. The lowest BCUT2D eigenvalue weighted by molar-refractivity contribution is -0.113. The van der Waals surface area contributed by atoms with Gasteiger partial charge in [0, 0.05) is 17.2 Å². The van der Waals surface area contributed by atoms with Gasteiger partial charge in [-0.1, -0.05) is 57.5 Å². The number of hydrogen-bond donors (Lipinski definition) is 1. The van der Waals surface area contributed by atoms with E-state index in [2.05, 4.69) is 31.4 Å². The average molecular weight is 482 g/mol. The van der Waals surface area contributed by atoms with Gasteiger partial charge in [-0.05, 0) is 37.3 Å². The lowest BCUT2D eigenvalue weighted by Gasteiger charge is -2.15. The molecule has 0 spiro atoms. The third kappa shape index (κ3) is 5.27. The van der Waals surface area contributed by atoms with E-state index in [9.17, 15) is 4.79 Å². The molecule has 1 atom stereocenters. The molecule has 0 aliphatic heterocycles. The molecule has 2 aromatic carbocycles. The molecule has 3 aromatic rings. The van der Waals surface area contributed by atoms with Crippen molar-refractivity contribution >= 4 is 50.9 Å². The summed E-state index contributed by atoms with van der Waals surface area (Å²) in [4.78, 5) is 12.2. The van der Waals surface area contributed by atoms with Crippen LogP contribution in [0.2, 0.25) is 5.02 Å². The zero-order valence-corrected chi connectivity index (χ0v) is 18.4. The van der Waals surface area contributed by atoms with Gasteiger partial charge in [0.2, 0.25) is 5.91 Å². The number of halogens is 2. The van der Waals surface area contributed by atoms with Gasteiger partial charge in [0.05, 0.1) is 10.8 Å². The zero-order valence-electron chi connectivity index (χ0n) is 15.2. The van der Waals surface area contributed by atoms with Crippen LogP contribution < -0.4 is 10.1 Å². The maximum absolute atomic E-state index is 12.2. The summed E-state index contributed by atoms with van der Waals surface area (Å²) in [6.45, 7) is 1.88. The van der Waals surface area contributed by atoms with Crippen LogP contribution in [-0.2, 0) is 11.8 Å². The minimum Gasteiger partial charge on any atom is -0.481 e. The predicted octanol–water partition coefficient (Wildman–Crippen LogP) is 5.10. The molecule has 0 radical (unpaired) electrons. The standard InChI is InChI=1S/C19H18BrClN4O2S/c1-12(27-16-9-4-3-8-15(16)21)18-23-24-19(25(18)2)28-11-17(26)22-14-7-5-6-13(20)10-14/h3-10,12H,11H2,1-2H3,(H,22,26). The summed E-state index contributed by atoms with van der Waals surface area (Å²) in [6.07, 6.45) is -0.345. The van der Waals surface area contributed by atoms with Gasteiger partial charge >= 0.3 is 0 Å². The lowest BCUT2D eigenvalue weighted by Crippen LogP contribution is -2.14. The first-order valence-electron chi connectivity index (χ1n) is 8.42. The van der Waals surface area contributed by atoms with E-state index in [-0.39, 0.29) is 17.8 Å². The van der Waals surface area contributed by atoms with Gasteiger partial charge in [-0.25, -0.2) is 0 Å². The van der Waals surface area contributed by atoms with Crippen LogP contribution in [0.3, 0.4) is 0 Å². The number of ether oxygens (including phenoxy) is 1. The Morgan fingerprint density at radius 2 is 2.07 bits per heavy atom. The second kappa shape index (κ2) is 9.45. The van der Waals surface area contributed by atoms with Crippen molar-refractivity contribution in [1.82, 2.24) is 14.8 Å². The molecule has 0 bridgehead atoms. The molecule has 1 aromatic heterocycles. The number of amides is 1. The van der Waals surface area contributed by atoms with Crippen molar-refractivity contribution in [2.45, 2.75) is 18.2 Å². The molecule has 0 saturated heterocycles. The maximum Gasteiger partial charge on any atom is 0.234 e. The van der Waals surface area contributed by atoms with Crippen molar-refractivity contribution in [2.24, 2.45) is 7.05 Å². The summed E-state index contributed by atoms with van der Waals surface area (Å²) < 4.78 is 8.62. The number of aromatic nitrogens is 3. The molecule has 0 aliphatic carbocycles. The van der Waals surface area contributed by atoms with Crippen molar-refractivity contribution in [2.75, 3.05) is 11.1 Å². The van der Waals surface area contributed by atoms with Crippen LogP contribution in [0.4, 0.5) is 5.69 Å². The molecule has 28 heavy (non-hydrogen) atoms. The second-order valence-corrected chi connectivity index (χ2v) is 8.20. The van der Waals surface area contributed by atoms with Crippen molar-refractivity contribution in [1.29, 1.82) is 0 Å². The van der Waals surface area contributed by atoms with Crippen molar-refractivity contribution in [3.8, 4) is 5.75 Å². The Balaban J connectivity index is 1.59. The number of hydrogen-bond acceptors (Lipinski definition) is 5. The van der Waals surface area contributed by atoms with Crippen LogP contribution in [0.1, 0.15) is 18.9 Å². The van der Waals surface area contributed by atoms with Crippen molar-refractivity contribution in [3.63, 3.8) is 0 Å². The highest BCUT2D eigenvalue weighted by atomic mass is 79.9. The molecular weight excluding hydrogens is 464 g/mol. The Kier molecular flexibility index (Phi) is 6.98. The molecule has 9 heteroatoms. The number of anilines is 1. The van der Waals surface area contributed by atoms with Crippen molar-refractivity contribution in [3.05, 3.63) is 63.9 Å². The monoisotopic (exact) mass is 480 g/mol. The molecule has 1 unspecified atom stereocenters. The SMILES string of the molecule is CC(Oc1ccccc1Cl)c1nnc(SCC(=O)Nc2cccc(Br)c2)n1C. The highest BCUT2D eigenvalue weighted by Gasteiger charge is 2.19. The third-order valence-corrected chi connectivity index (χ3v) is 5.64. The van der Waals surface area contributed by atoms with Gasteiger partial charge < -0.3 is 14.6 Å². The first-order valence-corrected chi connectivity index (χ1v) is 10.6. The number of rotatable bonds is 7. The summed E-state index contributed by atoms with van der Waals surface area (Å²) in [7, 11) is 1.84. The fourth-order valence-corrected chi connectivity index (χ4v) is 3.78. The maximum atomic E-state index is 12.2. The summed E-state index contributed by atoms with van der Waals surface area (Å²) in [5, 5.41) is 12.4. The van der Waals surface area contributed by atoms with Crippen LogP contribution in [-0.4, -0.2) is 26.4 Å². The topological polar surface area (TPSA) is 69.0 Å². The minimum absolute atomic E-state index is 0.118. The number of nitrogens with one attached hydrogen (secondary N) is 1. The molecule has 1 N–H and O–H groups in total. The van der Waals surface area contributed by atoms with E-state index in [4.69, 9.17) is 16.3 Å². The summed E-state index contributed by atoms with van der Waals surface area (Å²) >= 11 is 10.8. The fraction of sp³-hybridized carbons (Fsp3) is 0.211. The Labute approximate surface area is 180 Å². The molecule has 146 valence electrons. The smallest absolute Gasteiger partial charge is 0.234 e. The number of para-hydroxylation sites is 1. The van der Waals surface area contributed by atoms with E-state index in [1.807, 2.05) is 54.9 Å². The molecule has 0 fully saturated rings. The summed E-state index contributed by atoms with van der Waals surface area (Å²) in [6, 6.07) is 14.7. The normalized spacial score (nSPS) is 11.9. The number of carbonyl (C=O) groups excluding carboxylic acids is 1. The number of nitrogens with zero attached hydrogens (tertiary/aromatic N) is 3. The fourth-order valence-electron chi connectivity index (χ4n) is 2.48. The second-order valence-electron chi connectivity index (χ2n) is 5.94. The lowest BCUT2D eigenvalue weighted by atomic mass is 10.3. The average Bonchev–Trinajstić information content (AvgIpc) is 3.02. The highest BCUT2D eigenvalue weighted by molar-refractivity contribution is 9.10. The third-order valence-electron chi connectivity index (χ3n) is 3.81. The van der Waals surface area contributed by atoms with Gasteiger partial charge in [0.1, 0.15) is 5.75 Å². The molecule has 1 amide bonds. The van der Waals surface area contributed by atoms with E-state index < -0.39 is 0 Å². The largest absolute Gasteiger partial charge is 0.481 e. The summed E-state index contributed by atoms with van der Waals surface area (Å²) in [5.41, 5.74) is 0.736. The summed E-state index contributed by atoms with van der Waals surface area (Å²) in [5.74, 6) is 1.34. The molecule has 0 aliphatic rings. The first kappa shape index (κ1) is 20.7. The Morgan fingerprint density at radius 1 is 1.29 bits per heavy atom. The number of thioether (sulfide) groups is 1. The predicted molar refractivity (Wildman–Crippen MR) is 115 cm³/mol.